The monoisotopic (exact) mass is 306 g/mol. The third-order valence-corrected chi connectivity index (χ3v) is 3.49. The van der Waals surface area contributed by atoms with Gasteiger partial charge < -0.3 is 20.3 Å². The van der Waals surface area contributed by atoms with Crippen molar-refractivity contribution in [2.45, 2.75) is 51.4 Å². The number of amides is 1. The van der Waals surface area contributed by atoms with Gasteiger partial charge in [-0.3, -0.25) is 4.79 Å². The van der Waals surface area contributed by atoms with Gasteiger partial charge in [-0.25, -0.2) is 0 Å². The van der Waals surface area contributed by atoms with E-state index in [0.717, 1.165) is 38.5 Å². The van der Waals surface area contributed by atoms with Crippen LogP contribution in [-0.4, -0.2) is 23.5 Å². The van der Waals surface area contributed by atoms with Crippen LogP contribution in [0.5, 0.6) is 5.75 Å². The van der Waals surface area contributed by atoms with Gasteiger partial charge in [0.05, 0.1) is 5.56 Å². The number of phenols is 1. The maximum absolute atomic E-state index is 11.8. The van der Waals surface area contributed by atoms with Crippen molar-refractivity contribution < 1.29 is 19.8 Å². The maximum Gasteiger partial charge on any atom is 0.255 e. The first-order valence-corrected chi connectivity index (χ1v) is 7.87. The molecule has 0 saturated carbocycles. The van der Waals surface area contributed by atoms with Crippen LogP contribution >= 0.6 is 0 Å². The average Bonchev–Trinajstić information content (AvgIpc) is 2.49. The number of hydrogen-bond acceptors (Lipinski definition) is 4. The minimum absolute atomic E-state index is 0.00318. The second-order valence-corrected chi connectivity index (χ2v) is 5.37. The van der Waals surface area contributed by atoms with E-state index in [0.29, 0.717) is 18.5 Å². The summed E-state index contributed by atoms with van der Waals surface area (Å²) >= 11 is 0. The fraction of sp³-hybridized carbons (Fsp3) is 0.529. The molecule has 0 saturated heterocycles. The van der Waals surface area contributed by atoms with Crippen LogP contribution in [0.15, 0.2) is 24.3 Å². The molecule has 0 aromatic heterocycles. The normalized spacial score (nSPS) is 10.4. The molecule has 0 fully saturated rings. The molecule has 0 aliphatic heterocycles. The lowest BCUT2D eigenvalue weighted by Gasteiger charge is -2.06. The number of nitrogens with one attached hydrogen (secondary N) is 1. The number of aromatic hydroxyl groups is 1. The minimum atomic E-state index is -0.972. The average molecular weight is 306 g/mol. The Labute approximate surface area is 131 Å². The van der Waals surface area contributed by atoms with E-state index >= 15 is 0 Å². The molecule has 1 aromatic carbocycles. The zero-order chi connectivity index (χ0) is 16.2. The summed E-state index contributed by atoms with van der Waals surface area (Å²) < 4.78 is 0. The van der Waals surface area contributed by atoms with E-state index in [4.69, 9.17) is 0 Å². The number of unbranched alkanes of at least 4 members (excludes halogenated alkanes) is 6. The van der Waals surface area contributed by atoms with Crippen molar-refractivity contribution in [3.8, 4) is 5.75 Å². The van der Waals surface area contributed by atoms with E-state index in [-0.39, 0.29) is 18.1 Å². The summed E-state index contributed by atoms with van der Waals surface area (Å²) in [7, 11) is 0. The molecular weight excluding hydrogens is 282 g/mol. The standard InChI is InChI=1S/C17H25NO4/c19-15-11-8-7-10-14(15)17(22)18-13-9-5-3-1-2-4-6-12-16(20)21/h7-8,10-11,19H,1-6,9,12-13H2,(H,18,22)(H,20,21)/p-1. The van der Waals surface area contributed by atoms with E-state index in [9.17, 15) is 19.8 Å². The predicted octanol–water partition coefficient (Wildman–Crippen LogP) is 1.99. The molecule has 2 N–H and O–H groups in total. The first-order chi connectivity index (χ1) is 10.6. The first kappa shape index (κ1) is 18.0. The SMILES string of the molecule is O=C([O-])CCCCCCCCCNC(=O)c1ccccc1O. The molecule has 0 spiro atoms. The van der Waals surface area contributed by atoms with Gasteiger partial charge in [0.2, 0.25) is 0 Å². The second-order valence-electron chi connectivity index (χ2n) is 5.37. The molecular formula is C17H24NO4-. The number of hydrogen-bond donors (Lipinski definition) is 2. The Balaban J connectivity index is 1.99. The van der Waals surface area contributed by atoms with E-state index < -0.39 is 5.97 Å². The highest BCUT2D eigenvalue weighted by molar-refractivity contribution is 5.96. The molecule has 0 atom stereocenters. The highest BCUT2D eigenvalue weighted by Crippen LogP contribution is 2.15. The predicted molar refractivity (Wildman–Crippen MR) is 82.4 cm³/mol. The fourth-order valence-electron chi connectivity index (χ4n) is 2.24. The van der Waals surface area contributed by atoms with Crippen molar-refractivity contribution in [3.63, 3.8) is 0 Å². The van der Waals surface area contributed by atoms with Crippen LogP contribution in [0.1, 0.15) is 61.7 Å². The van der Waals surface area contributed by atoms with Gasteiger partial charge in [0.15, 0.2) is 0 Å². The van der Waals surface area contributed by atoms with E-state index in [2.05, 4.69) is 5.32 Å². The molecule has 5 heteroatoms. The zero-order valence-corrected chi connectivity index (χ0v) is 12.8. The smallest absolute Gasteiger partial charge is 0.255 e. The minimum Gasteiger partial charge on any atom is -0.550 e. The number of benzene rings is 1. The molecule has 0 heterocycles. The molecule has 0 bridgehead atoms. The molecule has 0 radical (unpaired) electrons. The number of para-hydroxylation sites is 1. The lowest BCUT2D eigenvalue weighted by atomic mass is 10.1. The second kappa shape index (κ2) is 10.7. The Morgan fingerprint density at radius 2 is 1.55 bits per heavy atom. The molecule has 22 heavy (non-hydrogen) atoms. The summed E-state index contributed by atoms with van der Waals surface area (Å²) in [5, 5.41) is 22.6. The topological polar surface area (TPSA) is 89.5 Å². The molecule has 5 nitrogen and oxygen atoms in total. The zero-order valence-electron chi connectivity index (χ0n) is 12.8. The Morgan fingerprint density at radius 3 is 2.18 bits per heavy atom. The number of carboxylic acid groups (broad SMARTS) is 1. The Hall–Kier alpha value is -2.04. The molecule has 122 valence electrons. The fourth-order valence-corrected chi connectivity index (χ4v) is 2.24. The summed E-state index contributed by atoms with van der Waals surface area (Å²) in [4.78, 5) is 22.0. The quantitative estimate of drug-likeness (QED) is 0.612. The largest absolute Gasteiger partial charge is 0.550 e. The van der Waals surface area contributed by atoms with Gasteiger partial charge in [-0.2, -0.15) is 0 Å². The van der Waals surface area contributed by atoms with Gasteiger partial charge in [0, 0.05) is 12.5 Å². The molecule has 0 unspecified atom stereocenters. The highest BCUT2D eigenvalue weighted by Gasteiger charge is 2.08. The van der Waals surface area contributed by atoms with Crippen molar-refractivity contribution >= 4 is 11.9 Å². The summed E-state index contributed by atoms with van der Waals surface area (Å²) in [6, 6.07) is 6.49. The number of carboxylic acids is 1. The number of carbonyl (C=O) groups is 2. The van der Waals surface area contributed by atoms with Crippen molar-refractivity contribution in [3.05, 3.63) is 29.8 Å². The van der Waals surface area contributed by atoms with Gasteiger partial charge in [-0.15, -0.1) is 0 Å². The van der Waals surface area contributed by atoms with Gasteiger partial charge in [0.1, 0.15) is 5.75 Å². The van der Waals surface area contributed by atoms with Crippen LogP contribution in [0.2, 0.25) is 0 Å². The van der Waals surface area contributed by atoms with Crippen molar-refractivity contribution in [1.82, 2.24) is 5.32 Å². The van der Waals surface area contributed by atoms with Gasteiger partial charge in [0.25, 0.3) is 5.91 Å². The lowest BCUT2D eigenvalue weighted by molar-refractivity contribution is -0.305. The molecule has 0 aliphatic rings. The van der Waals surface area contributed by atoms with Gasteiger partial charge in [-0.05, 0) is 31.4 Å². The van der Waals surface area contributed by atoms with Crippen LogP contribution in [0.4, 0.5) is 0 Å². The maximum atomic E-state index is 11.8. The summed E-state index contributed by atoms with van der Waals surface area (Å²) in [6.45, 7) is 0.595. The Bertz CT molecular complexity index is 473. The number of rotatable bonds is 11. The number of aliphatic carboxylic acids is 1. The first-order valence-electron chi connectivity index (χ1n) is 7.87. The van der Waals surface area contributed by atoms with Crippen LogP contribution in [0.3, 0.4) is 0 Å². The summed E-state index contributed by atoms with van der Waals surface area (Å²) in [5.74, 6) is -1.22. The van der Waals surface area contributed by atoms with Gasteiger partial charge >= 0.3 is 0 Å². The van der Waals surface area contributed by atoms with E-state index in [1.807, 2.05) is 0 Å². The Morgan fingerprint density at radius 1 is 0.955 bits per heavy atom. The highest BCUT2D eigenvalue weighted by atomic mass is 16.4. The van der Waals surface area contributed by atoms with E-state index in [1.165, 1.54) is 6.07 Å². The number of carbonyl (C=O) groups excluding carboxylic acids is 2. The van der Waals surface area contributed by atoms with Crippen LogP contribution in [0.25, 0.3) is 0 Å². The summed E-state index contributed by atoms with van der Waals surface area (Å²) in [6.07, 6.45) is 6.91. The van der Waals surface area contributed by atoms with Gasteiger partial charge in [-0.1, -0.05) is 44.2 Å². The number of phenolic OH excluding ortho intramolecular Hbond substituents is 1. The summed E-state index contributed by atoms with van der Waals surface area (Å²) in [5.41, 5.74) is 0.301. The van der Waals surface area contributed by atoms with Crippen molar-refractivity contribution in [2.75, 3.05) is 6.54 Å². The lowest BCUT2D eigenvalue weighted by Crippen LogP contribution is -2.24. The molecule has 1 rings (SSSR count). The molecule has 1 amide bonds. The molecule has 0 aliphatic carbocycles. The van der Waals surface area contributed by atoms with Crippen molar-refractivity contribution in [1.29, 1.82) is 0 Å². The third-order valence-electron chi connectivity index (χ3n) is 3.49. The van der Waals surface area contributed by atoms with Crippen LogP contribution < -0.4 is 10.4 Å². The third kappa shape index (κ3) is 7.67. The molecule has 1 aromatic rings. The Kier molecular flexibility index (Phi) is 8.72. The van der Waals surface area contributed by atoms with E-state index in [1.54, 1.807) is 18.2 Å². The van der Waals surface area contributed by atoms with Crippen molar-refractivity contribution in [2.24, 2.45) is 0 Å². The van der Waals surface area contributed by atoms with Crippen LogP contribution in [-0.2, 0) is 4.79 Å². The van der Waals surface area contributed by atoms with Crippen LogP contribution in [0, 0.1) is 0 Å².